The Balaban J connectivity index is 1.96. The summed E-state index contributed by atoms with van der Waals surface area (Å²) in [6.07, 6.45) is -6.92. The van der Waals surface area contributed by atoms with Gasteiger partial charge < -0.3 is 30.3 Å². The van der Waals surface area contributed by atoms with E-state index in [0.29, 0.717) is 5.69 Å². The van der Waals surface area contributed by atoms with E-state index in [-0.39, 0.29) is 5.56 Å². The monoisotopic (exact) mass is 315 g/mol. The molecule has 6 N–H and O–H groups in total. The van der Waals surface area contributed by atoms with Gasteiger partial charge in [-0.2, -0.15) is 0 Å². The highest BCUT2D eigenvalue weighted by Crippen LogP contribution is 2.22. The summed E-state index contributed by atoms with van der Waals surface area (Å²) in [7, 11) is 0. The van der Waals surface area contributed by atoms with Crippen LogP contribution in [-0.2, 0) is 9.57 Å². The average molecular weight is 315 g/mol. The Morgan fingerprint density at radius 1 is 1.14 bits per heavy atom. The normalized spacial score (nSPS) is 31.7. The van der Waals surface area contributed by atoms with Crippen molar-refractivity contribution in [3.63, 3.8) is 0 Å². The Hall–Kier alpha value is -1.75. The van der Waals surface area contributed by atoms with Gasteiger partial charge in [-0.3, -0.25) is 5.48 Å². The van der Waals surface area contributed by atoms with Gasteiger partial charge in [0.25, 0.3) is 0 Å². The summed E-state index contributed by atoms with van der Waals surface area (Å²) in [5.74, 6) is -1.07. The molecule has 0 saturated carbocycles. The van der Waals surface area contributed by atoms with E-state index in [1.807, 2.05) is 0 Å². The zero-order valence-corrected chi connectivity index (χ0v) is 11.4. The van der Waals surface area contributed by atoms with Gasteiger partial charge in [-0.15, -0.1) is 0 Å². The molecule has 1 fully saturated rings. The highest BCUT2D eigenvalue weighted by molar-refractivity contribution is 5.87. The molecule has 5 atom stereocenters. The van der Waals surface area contributed by atoms with Crippen LogP contribution in [0.3, 0.4) is 0 Å². The molecule has 9 nitrogen and oxygen atoms in total. The largest absolute Gasteiger partial charge is 0.478 e. The first-order valence-electron chi connectivity index (χ1n) is 6.49. The summed E-state index contributed by atoms with van der Waals surface area (Å²) in [6.45, 7) is -0.557. The number of carboxylic acids is 1. The Labute approximate surface area is 125 Å². The van der Waals surface area contributed by atoms with Gasteiger partial charge in [-0.1, -0.05) is 0 Å². The average Bonchev–Trinajstić information content (AvgIpc) is 2.52. The first-order valence-corrected chi connectivity index (χ1v) is 6.49. The van der Waals surface area contributed by atoms with Crippen molar-refractivity contribution in [1.29, 1.82) is 0 Å². The van der Waals surface area contributed by atoms with E-state index in [2.05, 4.69) is 5.48 Å². The second-order valence-electron chi connectivity index (χ2n) is 4.80. The highest BCUT2D eigenvalue weighted by Gasteiger charge is 2.44. The Morgan fingerprint density at radius 2 is 1.77 bits per heavy atom. The molecule has 1 aliphatic rings. The maximum absolute atomic E-state index is 10.7. The van der Waals surface area contributed by atoms with Gasteiger partial charge in [-0.05, 0) is 24.3 Å². The number of benzene rings is 1. The summed E-state index contributed by atoms with van der Waals surface area (Å²) in [5, 5.41) is 46.8. The molecule has 0 aliphatic carbocycles. The fourth-order valence-corrected chi connectivity index (χ4v) is 1.97. The molecular weight excluding hydrogens is 298 g/mol. The molecule has 1 aromatic carbocycles. The van der Waals surface area contributed by atoms with Crippen LogP contribution in [-0.4, -0.2) is 68.8 Å². The van der Waals surface area contributed by atoms with Crippen molar-refractivity contribution in [2.24, 2.45) is 0 Å². The maximum atomic E-state index is 10.7. The number of carbonyl (C=O) groups is 1. The van der Waals surface area contributed by atoms with Gasteiger partial charge in [0, 0.05) is 0 Å². The molecule has 0 aromatic heterocycles. The van der Waals surface area contributed by atoms with Crippen LogP contribution in [0, 0.1) is 0 Å². The van der Waals surface area contributed by atoms with Crippen LogP contribution in [0.2, 0.25) is 0 Å². The van der Waals surface area contributed by atoms with Gasteiger partial charge >= 0.3 is 5.97 Å². The number of anilines is 1. The third kappa shape index (κ3) is 3.53. The van der Waals surface area contributed by atoms with Crippen molar-refractivity contribution in [3.05, 3.63) is 29.8 Å². The van der Waals surface area contributed by atoms with Crippen LogP contribution in [0.1, 0.15) is 10.4 Å². The van der Waals surface area contributed by atoms with Crippen LogP contribution in [0.4, 0.5) is 5.69 Å². The third-order valence-electron chi connectivity index (χ3n) is 3.27. The molecular formula is C13H17NO8. The van der Waals surface area contributed by atoms with Crippen molar-refractivity contribution in [3.8, 4) is 0 Å². The minimum Gasteiger partial charge on any atom is -0.478 e. The highest BCUT2D eigenvalue weighted by atomic mass is 16.8. The molecule has 1 heterocycles. The number of aliphatic hydroxyl groups excluding tert-OH is 4. The predicted octanol–water partition coefficient (Wildman–Crippen LogP) is -1.47. The number of aliphatic hydroxyl groups is 4. The lowest BCUT2D eigenvalue weighted by atomic mass is 9.99. The molecule has 1 aromatic rings. The Bertz CT molecular complexity index is 505. The maximum Gasteiger partial charge on any atom is 0.335 e. The fraction of sp³-hybridized carbons (Fsp3) is 0.462. The van der Waals surface area contributed by atoms with Crippen molar-refractivity contribution < 1.29 is 39.9 Å². The molecule has 2 rings (SSSR count). The first kappa shape index (κ1) is 16.6. The molecule has 122 valence electrons. The van der Waals surface area contributed by atoms with E-state index in [1.165, 1.54) is 24.3 Å². The van der Waals surface area contributed by atoms with Crippen molar-refractivity contribution in [2.75, 3.05) is 12.1 Å². The summed E-state index contributed by atoms with van der Waals surface area (Å²) in [5.41, 5.74) is 2.93. The SMILES string of the molecule is O=C(O)c1ccc(NOC2O[C@H](CO)[C@@H](O)[C@H](O)[C@@H]2O)cc1. The molecule has 1 saturated heterocycles. The standard InChI is InChI=1S/C13H17NO8/c15-5-8-9(16)10(17)11(18)13(21-8)22-14-7-3-1-6(2-4-7)12(19)20/h1-4,8-11,13-18H,5H2,(H,19,20)/t8-,9-,10+,11+,13?/m1/s1. The lowest BCUT2D eigenvalue weighted by Gasteiger charge is -2.39. The molecule has 9 heteroatoms. The smallest absolute Gasteiger partial charge is 0.335 e. The zero-order valence-electron chi connectivity index (χ0n) is 11.4. The molecule has 0 bridgehead atoms. The lowest BCUT2D eigenvalue weighted by molar-refractivity contribution is -0.294. The fourth-order valence-electron chi connectivity index (χ4n) is 1.97. The van der Waals surface area contributed by atoms with E-state index >= 15 is 0 Å². The Morgan fingerprint density at radius 3 is 2.32 bits per heavy atom. The summed E-state index contributed by atoms with van der Waals surface area (Å²) >= 11 is 0. The van der Waals surface area contributed by atoms with Crippen LogP contribution in [0.25, 0.3) is 0 Å². The number of ether oxygens (including phenoxy) is 1. The zero-order chi connectivity index (χ0) is 16.3. The van der Waals surface area contributed by atoms with Crippen LogP contribution < -0.4 is 5.48 Å². The second kappa shape index (κ2) is 7.01. The van der Waals surface area contributed by atoms with Crippen LogP contribution in [0.15, 0.2) is 24.3 Å². The first-order chi connectivity index (χ1) is 10.4. The van der Waals surface area contributed by atoms with Crippen molar-refractivity contribution in [2.45, 2.75) is 30.7 Å². The molecule has 0 amide bonds. The molecule has 0 spiro atoms. The quantitative estimate of drug-likeness (QED) is 0.358. The predicted molar refractivity (Wildman–Crippen MR) is 71.9 cm³/mol. The number of carboxylic acid groups (broad SMARTS) is 1. The van der Waals surface area contributed by atoms with Crippen molar-refractivity contribution in [1.82, 2.24) is 0 Å². The number of hydrogen-bond donors (Lipinski definition) is 6. The van der Waals surface area contributed by atoms with Gasteiger partial charge in [0.1, 0.15) is 24.4 Å². The van der Waals surface area contributed by atoms with Gasteiger partial charge in [0.2, 0.25) is 6.29 Å². The lowest BCUT2D eigenvalue weighted by Crippen LogP contribution is -2.59. The summed E-state index contributed by atoms with van der Waals surface area (Å²) in [6, 6.07) is 5.57. The van der Waals surface area contributed by atoms with Gasteiger partial charge in [0.15, 0.2) is 0 Å². The topological polar surface area (TPSA) is 149 Å². The number of hydrogen-bond acceptors (Lipinski definition) is 8. The van der Waals surface area contributed by atoms with Crippen molar-refractivity contribution >= 4 is 11.7 Å². The molecule has 1 aliphatic heterocycles. The van der Waals surface area contributed by atoms with Crippen LogP contribution >= 0.6 is 0 Å². The summed E-state index contributed by atoms with van der Waals surface area (Å²) < 4.78 is 5.13. The van der Waals surface area contributed by atoms with E-state index in [9.17, 15) is 20.1 Å². The number of aromatic carboxylic acids is 1. The third-order valence-corrected chi connectivity index (χ3v) is 3.27. The molecule has 1 unspecified atom stereocenters. The van der Waals surface area contributed by atoms with E-state index < -0.39 is 43.3 Å². The summed E-state index contributed by atoms with van der Waals surface area (Å²) in [4.78, 5) is 15.8. The Kier molecular flexibility index (Phi) is 5.29. The van der Waals surface area contributed by atoms with E-state index in [0.717, 1.165) is 0 Å². The number of nitrogens with one attached hydrogen (secondary N) is 1. The molecule has 22 heavy (non-hydrogen) atoms. The van der Waals surface area contributed by atoms with Gasteiger partial charge in [-0.25, -0.2) is 9.63 Å². The minimum atomic E-state index is -1.54. The molecule has 0 radical (unpaired) electrons. The van der Waals surface area contributed by atoms with Gasteiger partial charge in [0.05, 0.1) is 17.9 Å². The minimum absolute atomic E-state index is 0.0957. The number of rotatable bonds is 5. The second-order valence-corrected chi connectivity index (χ2v) is 4.80. The van der Waals surface area contributed by atoms with Crippen LogP contribution in [0.5, 0.6) is 0 Å². The van der Waals surface area contributed by atoms with E-state index in [4.69, 9.17) is 19.8 Å². The van der Waals surface area contributed by atoms with E-state index in [1.54, 1.807) is 0 Å².